The molecule has 1 unspecified atom stereocenters. The number of carbonyl (C=O) groups excluding carboxylic acids is 1. The van der Waals surface area contributed by atoms with Crippen LogP contribution in [0.3, 0.4) is 0 Å². The van der Waals surface area contributed by atoms with Crippen molar-refractivity contribution in [1.29, 1.82) is 0 Å². The Morgan fingerprint density at radius 1 is 1.44 bits per heavy atom. The summed E-state index contributed by atoms with van der Waals surface area (Å²) in [5.74, 6) is -2.20. The lowest BCUT2D eigenvalue weighted by Crippen LogP contribution is -2.22. The van der Waals surface area contributed by atoms with Gasteiger partial charge < -0.3 is 5.32 Å². The first-order valence-electron chi connectivity index (χ1n) is 4.99. The molecular formula is C11H10ClF4NO. The molecule has 1 aromatic carbocycles. The number of rotatable bonds is 3. The Morgan fingerprint density at radius 3 is 2.56 bits per heavy atom. The number of anilines is 1. The van der Waals surface area contributed by atoms with Crippen molar-refractivity contribution >= 4 is 23.2 Å². The fourth-order valence-electron chi connectivity index (χ4n) is 1.12. The predicted octanol–water partition coefficient (Wildman–Crippen LogP) is 3.66. The van der Waals surface area contributed by atoms with E-state index in [1.165, 1.54) is 6.92 Å². The van der Waals surface area contributed by atoms with Crippen molar-refractivity contribution in [2.45, 2.75) is 13.1 Å². The fourth-order valence-corrected chi connectivity index (χ4v) is 1.26. The highest BCUT2D eigenvalue weighted by atomic mass is 35.5. The van der Waals surface area contributed by atoms with Crippen LogP contribution in [-0.2, 0) is 11.0 Å². The standard InChI is InChI=1S/C11H10ClF4NO/c1-6(5-12)10(18)17-9-4-7(11(14,15)16)2-3-8(9)13/h2-4,6H,5H2,1H3,(H,17,18). The van der Waals surface area contributed by atoms with Crippen molar-refractivity contribution < 1.29 is 22.4 Å². The molecule has 0 aliphatic heterocycles. The second kappa shape index (κ2) is 5.56. The van der Waals surface area contributed by atoms with Crippen LogP contribution in [0.25, 0.3) is 0 Å². The normalized spacial score (nSPS) is 13.2. The second-order valence-electron chi connectivity index (χ2n) is 3.74. The Labute approximate surface area is 106 Å². The lowest BCUT2D eigenvalue weighted by molar-refractivity contribution is -0.137. The first-order valence-corrected chi connectivity index (χ1v) is 5.52. The summed E-state index contributed by atoms with van der Waals surface area (Å²) in [4.78, 5) is 11.4. The summed E-state index contributed by atoms with van der Waals surface area (Å²) in [5.41, 5.74) is -1.54. The van der Waals surface area contributed by atoms with Crippen molar-refractivity contribution in [3.8, 4) is 0 Å². The first kappa shape index (κ1) is 14.8. The molecule has 0 fully saturated rings. The lowest BCUT2D eigenvalue weighted by atomic mass is 10.1. The third-order valence-electron chi connectivity index (χ3n) is 2.23. The number of amides is 1. The number of hydrogen-bond acceptors (Lipinski definition) is 1. The van der Waals surface area contributed by atoms with Gasteiger partial charge in [0.15, 0.2) is 0 Å². The highest BCUT2D eigenvalue weighted by Gasteiger charge is 2.31. The van der Waals surface area contributed by atoms with Crippen LogP contribution in [0.2, 0.25) is 0 Å². The maximum Gasteiger partial charge on any atom is 0.416 e. The molecule has 0 aromatic heterocycles. The van der Waals surface area contributed by atoms with Gasteiger partial charge in [0.25, 0.3) is 0 Å². The van der Waals surface area contributed by atoms with Crippen LogP contribution in [0.1, 0.15) is 12.5 Å². The van der Waals surface area contributed by atoms with Gasteiger partial charge in [-0.05, 0) is 18.2 Å². The molecule has 1 amide bonds. The van der Waals surface area contributed by atoms with E-state index in [0.29, 0.717) is 18.2 Å². The minimum atomic E-state index is -4.59. The zero-order valence-corrected chi connectivity index (χ0v) is 10.1. The van der Waals surface area contributed by atoms with Gasteiger partial charge in [0.1, 0.15) is 5.82 Å². The summed E-state index contributed by atoms with van der Waals surface area (Å²) >= 11 is 5.42. The minimum absolute atomic E-state index is 0.00753. The molecule has 1 rings (SSSR count). The molecule has 1 N–H and O–H groups in total. The van der Waals surface area contributed by atoms with Gasteiger partial charge in [-0.2, -0.15) is 13.2 Å². The largest absolute Gasteiger partial charge is 0.416 e. The fraction of sp³-hybridized carbons (Fsp3) is 0.364. The number of hydrogen-bond donors (Lipinski definition) is 1. The molecule has 1 atom stereocenters. The van der Waals surface area contributed by atoms with Gasteiger partial charge in [0.2, 0.25) is 5.91 Å². The van der Waals surface area contributed by atoms with Gasteiger partial charge in [0.05, 0.1) is 11.3 Å². The van der Waals surface area contributed by atoms with Crippen molar-refractivity contribution in [2.24, 2.45) is 5.92 Å². The number of halogens is 5. The van der Waals surface area contributed by atoms with Crippen molar-refractivity contribution in [3.63, 3.8) is 0 Å². The third-order valence-corrected chi connectivity index (χ3v) is 2.69. The van der Waals surface area contributed by atoms with E-state index in [2.05, 4.69) is 5.32 Å². The maximum atomic E-state index is 13.3. The highest BCUT2D eigenvalue weighted by molar-refractivity contribution is 6.19. The molecule has 0 radical (unpaired) electrons. The van der Waals surface area contributed by atoms with Crippen LogP contribution in [0.5, 0.6) is 0 Å². The van der Waals surface area contributed by atoms with Crippen LogP contribution in [0.4, 0.5) is 23.2 Å². The van der Waals surface area contributed by atoms with E-state index in [1.54, 1.807) is 0 Å². The predicted molar refractivity (Wildman–Crippen MR) is 59.9 cm³/mol. The Kier molecular flexibility index (Phi) is 4.56. The van der Waals surface area contributed by atoms with Gasteiger partial charge in [0, 0.05) is 11.8 Å². The van der Waals surface area contributed by atoms with Crippen LogP contribution in [0, 0.1) is 11.7 Å². The number of nitrogens with one attached hydrogen (secondary N) is 1. The zero-order valence-electron chi connectivity index (χ0n) is 9.31. The molecule has 0 aliphatic rings. The molecule has 0 bridgehead atoms. The van der Waals surface area contributed by atoms with E-state index in [9.17, 15) is 22.4 Å². The molecule has 18 heavy (non-hydrogen) atoms. The van der Waals surface area contributed by atoms with Crippen molar-refractivity contribution in [3.05, 3.63) is 29.6 Å². The molecule has 0 saturated carbocycles. The second-order valence-corrected chi connectivity index (χ2v) is 4.05. The number of carbonyl (C=O) groups is 1. The Bertz CT molecular complexity index is 447. The summed E-state index contributed by atoms with van der Waals surface area (Å²) in [7, 11) is 0. The minimum Gasteiger partial charge on any atom is -0.323 e. The molecule has 0 heterocycles. The van der Waals surface area contributed by atoms with Gasteiger partial charge in [-0.25, -0.2) is 4.39 Å². The highest BCUT2D eigenvalue weighted by Crippen LogP contribution is 2.31. The van der Waals surface area contributed by atoms with Gasteiger partial charge >= 0.3 is 6.18 Å². The third kappa shape index (κ3) is 3.60. The monoisotopic (exact) mass is 283 g/mol. The Hall–Kier alpha value is -1.30. The summed E-state index contributed by atoms with van der Waals surface area (Å²) < 4.78 is 50.5. The molecule has 0 aliphatic carbocycles. The van der Waals surface area contributed by atoms with Gasteiger partial charge in [-0.1, -0.05) is 6.92 Å². The molecule has 0 spiro atoms. The maximum absolute atomic E-state index is 13.3. The van der Waals surface area contributed by atoms with E-state index in [4.69, 9.17) is 11.6 Å². The summed E-state index contributed by atoms with van der Waals surface area (Å²) in [6, 6.07) is 1.81. The van der Waals surface area contributed by atoms with E-state index in [1.807, 2.05) is 0 Å². The van der Waals surface area contributed by atoms with Crippen LogP contribution in [-0.4, -0.2) is 11.8 Å². The number of alkyl halides is 4. The van der Waals surface area contributed by atoms with Crippen LogP contribution >= 0.6 is 11.6 Å². The molecule has 2 nitrogen and oxygen atoms in total. The first-order chi connectivity index (χ1) is 8.25. The average Bonchev–Trinajstić information content (AvgIpc) is 2.29. The zero-order chi connectivity index (χ0) is 13.9. The number of benzene rings is 1. The molecule has 7 heteroatoms. The molecule has 100 valence electrons. The van der Waals surface area contributed by atoms with Crippen LogP contribution in [0.15, 0.2) is 18.2 Å². The van der Waals surface area contributed by atoms with Gasteiger partial charge in [-0.15, -0.1) is 11.6 Å². The summed E-state index contributed by atoms with van der Waals surface area (Å²) in [5, 5.41) is 2.08. The topological polar surface area (TPSA) is 29.1 Å². The average molecular weight is 284 g/mol. The summed E-state index contributed by atoms with van der Waals surface area (Å²) in [6.07, 6.45) is -4.59. The van der Waals surface area contributed by atoms with Crippen LogP contribution < -0.4 is 5.32 Å². The van der Waals surface area contributed by atoms with Gasteiger partial charge in [-0.3, -0.25) is 4.79 Å². The van der Waals surface area contributed by atoms with E-state index < -0.39 is 35.1 Å². The Balaban J connectivity index is 2.99. The molecular weight excluding hydrogens is 274 g/mol. The SMILES string of the molecule is CC(CCl)C(=O)Nc1cc(C(F)(F)F)ccc1F. The van der Waals surface area contributed by atoms with E-state index in [-0.39, 0.29) is 5.88 Å². The quantitative estimate of drug-likeness (QED) is 0.666. The van der Waals surface area contributed by atoms with Crippen molar-refractivity contribution in [2.75, 3.05) is 11.2 Å². The van der Waals surface area contributed by atoms with E-state index in [0.717, 1.165) is 0 Å². The molecule has 1 aromatic rings. The van der Waals surface area contributed by atoms with Crippen molar-refractivity contribution in [1.82, 2.24) is 0 Å². The molecule has 0 saturated heterocycles. The summed E-state index contributed by atoms with van der Waals surface area (Å²) in [6.45, 7) is 1.48. The van der Waals surface area contributed by atoms with E-state index >= 15 is 0 Å². The Morgan fingerprint density at radius 2 is 2.06 bits per heavy atom. The smallest absolute Gasteiger partial charge is 0.323 e. The lowest BCUT2D eigenvalue weighted by Gasteiger charge is -2.12.